The van der Waals surface area contributed by atoms with Gasteiger partial charge in [0.05, 0.1) is 0 Å². The van der Waals surface area contributed by atoms with Crippen LogP contribution in [0.4, 0.5) is 5.69 Å². The fraction of sp³-hybridized carbons (Fsp3) is 0.381. The second kappa shape index (κ2) is 7.68. The van der Waals surface area contributed by atoms with Crippen LogP contribution in [-0.2, 0) is 15.5 Å². The van der Waals surface area contributed by atoms with Crippen LogP contribution in [0.15, 0.2) is 58.4 Å². The van der Waals surface area contributed by atoms with Gasteiger partial charge in [-0.3, -0.25) is 0 Å². The zero-order valence-electron chi connectivity index (χ0n) is 15.9. The maximum atomic E-state index is 12.7. The summed E-state index contributed by atoms with van der Waals surface area (Å²) in [6.45, 7) is 8.53. The molecule has 140 valence electrons. The molecule has 0 spiro atoms. The number of hydrogen-bond acceptors (Lipinski definition) is 4. The Morgan fingerprint density at radius 2 is 1.96 bits per heavy atom. The Balaban J connectivity index is 1.53. The van der Waals surface area contributed by atoms with Gasteiger partial charge in [0.25, 0.3) is 0 Å². The van der Waals surface area contributed by atoms with Crippen LogP contribution >= 0.6 is 0 Å². The fourth-order valence-corrected chi connectivity index (χ4v) is 7.85. The molecule has 6 heteroatoms. The summed E-state index contributed by atoms with van der Waals surface area (Å²) < 4.78 is 21.1. The summed E-state index contributed by atoms with van der Waals surface area (Å²) in [5.74, 6) is 0. The average Bonchev–Trinajstić information content (AvgIpc) is 3.11. The number of amidine groups is 1. The van der Waals surface area contributed by atoms with E-state index in [9.17, 15) is 4.21 Å². The Bertz CT molecular complexity index is 893. The molecule has 27 heavy (non-hydrogen) atoms. The van der Waals surface area contributed by atoms with E-state index < -0.39 is 31.9 Å². The van der Waals surface area contributed by atoms with Gasteiger partial charge in [-0.05, 0) is 0 Å². The van der Waals surface area contributed by atoms with Gasteiger partial charge in [0.15, 0.2) is 0 Å². The van der Waals surface area contributed by atoms with E-state index in [1.165, 1.54) is 13.0 Å². The third-order valence-corrected chi connectivity index (χ3v) is 10.4. The minimum atomic E-state index is -1.02. The Morgan fingerprint density at radius 3 is 2.70 bits per heavy atom. The van der Waals surface area contributed by atoms with Crippen LogP contribution in [0.3, 0.4) is 0 Å². The molecule has 2 aliphatic rings. The van der Waals surface area contributed by atoms with Crippen molar-refractivity contribution in [3.63, 3.8) is 0 Å². The van der Waals surface area contributed by atoms with Crippen molar-refractivity contribution in [1.82, 2.24) is 4.90 Å². The molecule has 2 atom stereocenters. The van der Waals surface area contributed by atoms with Gasteiger partial charge < -0.3 is 0 Å². The number of hydrogen-bond donors (Lipinski definition) is 0. The summed E-state index contributed by atoms with van der Waals surface area (Å²) in [6.07, 6.45) is 0.106. The van der Waals surface area contributed by atoms with Crippen LogP contribution in [0.5, 0.6) is 0 Å². The number of benzene rings is 2. The molecule has 2 aromatic carbocycles. The first-order chi connectivity index (χ1) is 12.9. The second-order valence-corrected chi connectivity index (χ2v) is 13.6. The third kappa shape index (κ3) is 4.15. The van der Waals surface area contributed by atoms with Gasteiger partial charge in [-0.25, -0.2) is 0 Å². The van der Waals surface area contributed by atoms with Gasteiger partial charge in [-0.1, -0.05) is 0 Å². The summed E-state index contributed by atoms with van der Waals surface area (Å²) >= 11 is -0.915. The SMILES string of the molecule is CC(C)(C)S(=O)c1cc[c]2c(c1)N=[C](N1CCOC(c3ccccc3)C1)[Sn]2. The maximum absolute atomic E-state index is 12.7. The number of nitrogens with zero attached hydrogens (tertiary/aromatic N) is 2. The summed E-state index contributed by atoms with van der Waals surface area (Å²) in [6, 6.07) is 16.7. The van der Waals surface area contributed by atoms with E-state index in [1.807, 2.05) is 39.0 Å². The van der Waals surface area contributed by atoms with Gasteiger partial charge in [0, 0.05) is 0 Å². The number of fused-ring (bicyclic) bond motifs is 1. The van der Waals surface area contributed by atoms with E-state index >= 15 is 0 Å². The van der Waals surface area contributed by atoms with Crippen LogP contribution in [0.2, 0.25) is 0 Å². The predicted molar refractivity (Wildman–Crippen MR) is 112 cm³/mol. The van der Waals surface area contributed by atoms with E-state index in [-0.39, 0.29) is 10.9 Å². The Labute approximate surface area is 173 Å². The molecule has 2 radical (unpaired) electrons. The second-order valence-electron chi connectivity index (χ2n) is 7.84. The molecular weight excluding hydrogens is 463 g/mol. The molecular formula is C21H24N2O2SSn. The molecule has 2 aromatic rings. The predicted octanol–water partition coefficient (Wildman–Crippen LogP) is 3.00. The first-order valence-electron chi connectivity index (χ1n) is 9.25. The molecule has 2 aliphatic heterocycles. The van der Waals surface area contributed by atoms with Crippen LogP contribution < -0.4 is 3.58 Å². The van der Waals surface area contributed by atoms with Crippen molar-refractivity contribution in [3.05, 3.63) is 54.1 Å². The molecule has 4 nitrogen and oxygen atoms in total. The molecule has 0 bridgehead atoms. The van der Waals surface area contributed by atoms with Crippen LogP contribution in [0, 0.1) is 0 Å². The monoisotopic (exact) mass is 488 g/mol. The first kappa shape index (κ1) is 19.1. The van der Waals surface area contributed by atoms with Crippen LogP contribution in [-0.4, -0.2) is 58.5 Å². The summed E-state index contributed by atoms with van der Waals surface area (Å²) in [5, 5.41) is 0. The van der Waals surface area contributed by atoms with Crippen molar-refractivity contribution in [2.45, 2.75) is 36.5 Å². The van der Waals surface area contributed by atoms with Gasteiger partial charge in [-0.2, -0.15) is 0 Å². The van der Waals surface area contributed by atoms with E-state index in [0.29, 0.717) is 0 Å². The van der Waals surface area contributed by atoms with E-state index in [1.54, 1.807) is 0 Å². The number of morpholine rings is 1. The Hall–Kier alpha value is -1.18. The van der Waals surface area contributed by atoms with Gasteiger partial charge in [0.2, 0.25) is 0 Å². The molecule has 0 aliphatic carbocycles. The van der Waals surface area contributed by atoms with Gasteiger partial charge in [-0.15, -0.1) is 0 Å². The van der Waals surface area contributed by atoms with Crippen molar-refractivity contribution >= 4 is 45.1 Å². The van der Waals surface area contributed by atoms with E-state index in [4.69, 9.17) is 9.73 Å². The zero-order valence-corrected chi connectivity index (χ0v) is 19.6. The molecule has 2 unspecified atom stereocenters. The topological polar surface area (TPSA) is 41.9 Å². The van der Waals surface area contributed by atoms with Crippen molar-refractivity contribution in [3.8, 4) is 0 Å². The average molecular weight is 487 g/mol. The van der Waals surface area contributed by atoms with Crippen molar-refractivity contribution in [2.75, 3.05) is 19.7 Å². The quantitative estimate of drug-likeness (QED) is 0.613. The molecule has 0 N–H and O–H groups in total. The normalized spacial score (nSPS) is 20.9. The molecule has 0 saturated carbocycles. The zero-order chi connectivity index (χ0) is 19.0. The summed E-state index contributed by atoms with van der Waals surface area (Å²) in [7, 11) is -1.02. The fourth-order valence-electron chi connectivity index (χ4n) is 3.30. The summed E-state index contributed by atoms with van der Waals surface area (Å²) in [5.41, 5.74) is 2.26. The minimum absolute atomic E-state index is 0.106. The summed E-state index contributed by atoms with van der Waals surface area (Å²) in [4.78, 5) is 8.25. The number of ether oxygens (including phenoxy) is 1. The molecule has 0 amide bonds. The molecule has 2 heterocycles. The van der Waals surface area contributed by atoms with Gasteiger partial charge >= 0.3 is 174 Å². The first-order valence-corrected chi connectivity index (χ1v) is 13.3. The van der Waals surface area contributed by atoms with Crippen molar-refractivity contribution < 1.29 is 8.95 Å². The number of aliphatic imine (C=N–C) groups is 1. The Morgan fingerprint density at radius 1 is 1.19 bits per heavy atom. The van der Waals surface area contributed by atoms with Crippen LogP contribution in [0.1, 0.15) is 32.4 Å². The van der Waals surface area contributed by atoms with E-state index in [0.717, 1.165) is 30.3 Å². The standard InChI is InChI=1S/C21H24N2O2S.Sn/c1-21(2,3)26(24)19-11-7-10-18(14-19)22-16-23-12-13-25-20(15-23)17-8-5-4-6-9-17;/h4-9,11,14,20H,12-13,15H2,1-3H3;. The molecule has 1 saturated heterocycles. The third-order valence-electron chi connectivity index (χ3n) is 4.75. The Kier molecular flexibility index (Phi) is 5.45. The molecule has 1 fully saturated rings. The van der Waals surface area contributed by atoms with Crippen LogP contribution in [0.25, 0.3) is 0 Å². The van der Waals surface area contributed by atoms with Crippen molar-refractivity contribution in [1.29, 1.82) is 0 Å². The van der Waals surface area contributed by atoms with Crippen molar-refractivity contribution in [2.24, 2.45) is 4.99 Å². The van der Waals surface area contributed by atoms with E-state index in [2.05, 4.69) is 35.2 Å². The molecule has 4 rings (SSSR count). The molecule has 0 aromatic heterocycles. The van der Waals surface area contributed by atoms with Gasteiger partial charge in [0.1, 0.15) is 0 Å². The number of rotatable bonds is 2.